The molecule has 0 aromatic heterocycles. The summed E-state index contributed by atoms with van der Waals surface area (Å²) >= 11 is 0. The Morgan fingerprint density at radius 3 is 2.29 bits per heavy atom. The van der Waals surface area contributed by atoms with Crippen molar-refractivity contribution in [3.8, 4) is 6.07 Å². The first-order valence-electron chi connectivity index (χ1n) is 4.09. The second kappa shape index (κ2) is 6.56. The molecular formula is C9H14NO3P. The second-order valence-corrected chi connectivity index (χ2v) is 3.75. The molecule has 14 heavy (non-hydrogen) atoms. The van der Waals surface area contributed by atoms with Gasteiger partial charge in [-0.05, 0) is 12.8 Å². The van der Waals surface area contributed by atoms with Crippen LogP contribution in [0.2, 0.25) is 0 Å². The third-order valence-corrected chi connectivity index (χ3v) is 2.17. The highest BCUT2D eigenvalue weighted by Crippen LogP contribution is 2.30. The minimum Gasteiger partial charge on any atom is -0.326 e. The molecule has 0 spiro atoms. The molecule has 0 heterocycles. The van der Waals surface area contributed by atoms with Crippen molar-refractivity contribution >= 4 is 8.25 Å². The summed E-state index contributed by atoms with van der Waals surface area (Å²) in [5.41, 5.74) is -0.813. The van der Waals surface area contributed by atoms with Gasteiger partial charge in [-0.1, -0.05) is 12.2 Å². The molecule has 1 unspecified atom stereocenters. The number of rotatable bonds is 7. The van der Waals surface area contributed by atoms with Crippen LogP contribution in [-0.2, 0) is 9.09 Å². The second-order valence-electron chi connectivity index (χ2n) is 2.93. The van der Waals surface area contributed by atoms with E-state index in [1.54, 1.807) is 12.2 Å². The molecule has 0 aromatic rings. The van der Waals surface area contributed by atoms with Crippen LogP contribution in [0.3, 0.4) is 0 Å². The molecule has 0 radical (unpaired) electrons. The Kier molecular flexibility index (Phi) is 6.14. The molecule has 0 aliphatic heterocycles. The Hall–Kier alpha value is -0.880. The summed E-state index contributed by atoms with van der Waals surface area (Å²) in [6, 6.07) is 2.07. The van der Waals surface area contributed by atoms with Gasteiger partial charge in [-0.3, -0.25) is 4.57 Å². The SMILES string of the molecule is C=CCC(C#N)(CC=C)CO[PH](=O)O. The number of hydrogen-bond donors (Lipinski definition) is 1. The molecule has 0 aliphatic rings. The van der Waals surface area contributed by atoms with Crippen molar-refractivity contribution in [1.29, 1.82) is 5.26 Å². The molecule has 0 aromatic carbocycles. The monoisotopic (exact) mass is 215 g/mol. The van der Waals surface area contributed by atoms with Crippen LogP contribution in [0, 0.1) is 16.7 Å². The van der Waals surface area contributed by atoms with Gasteiger partial charge in [-0.2, -0.15) is 5.26 Å². The Balaban J connectivity index is 4.49. The fourth-order valence-electron chi connectivity index (χ4n) is 1.08. The van der Waals surface area contributed by atoms with Crippen molar-refractivity contribution in [1.82, 2.24) is 0 Å². The Bertz CT molecular complexity index is 260. The van der Waals surface area contributed by atoms with Crippen molar-refractivity contribution in [2.75, 3.05) is 6.61 Å². The fourth-order valence-corrected chi connectivity index (χ4v) is 1.48. The summed E-state index contributed by atoms with van der Waals surface area (Å²) < 4.78 is 15.0. The summed E-state index contributed by atoms with van der Waals surface area (Å²) in [6.45, 7) is 6.99. The Labute approximate surface area is 84.5 Å². The number of nitrogens with zero attached hydrogens (tertiary/aromatic N) is 1. The fraction of sp³-hybridized carbons (Fsp3) is 0.444. The van der Waals surface area contributed by atoms with Crippen molar-refractivity contribution < 1.29 is 14.0 Å². The number of hydrogen-bond acceptors (Lipinski definition) is 3. The van der Waals surface area contributed by atoms with E-state index in [-0.39, 0.29) is 6.61 Å². The van der Waals surface area contributed by atoms with Crippen LogP contribution < -0.4 is 0 Å². The third kappa shape index (κ3) is 4.38. The minimum atomic E-state index is -2.98. The predicted molar refractivity (Wildman–Crippen MR) is 54.8 cm³/mol. The van der Waals surface area contributed by atoms with E-state index in [2.05, 4.69) is 23.8 Å². The van der Waals surface area contributed by atoms with E-state index >= 15 is 0 Å². The van der Waals surface area contributed by atoms with Crippen LogP contribution >= 0.6 is 8.25 Å². The van der Waals surface area contributed by atoms with E-state index in [1.807, 2.05) is 0 Å². The van der Waals surface area contributed by atoms with E-state index in [0.29, 0.717) is 12.8 Å². The molecule has 78 valence electrons. The number of nitriles is 1. The van der Waals surface area contributed by atoms with E-state index in [1.165, 1.54) is 0 Å². The maximum atomic E-state index is 10.4. The van der Waals surface area contributed by atoms with Gasteiger partial charge in [0.1, 0.15) is 0 Å². The Morgan fingerprint density at radius 2 is 2.00 bits per heavy atom. The molecule has 0 aliphatic carbocycles. The lowest BCUT2D eigenvalue weighted by atomic mass is 9.84. The topological polar surface area (TPSA) is 70.3 Å². The zero-order chi connectivity index (χ0) is 11.0. The molecule has 1 N–H and O–H groups in total. The van der Waals surface area contributed by atoms with E-state index in [9.17, 15) is 4.57 Å². The van der Waals surface area contributed by atoms with Crippen LogP contribution in [0.25, 0.3) is 0 Å². The summed E-state index contributed by atoms with van der Waals surface area (Å²) in [4.78, 5) is 8.51. The molecule has 5 heteroatoms. The lowest BCUT2D eigenvalue weighted by Gasteiger charge is -2.22. The van der Waals surface area contributed by atoms with Gasteiger partial charge >= 0.3 is 8.25 Å². The maximum Gasteiger partial charge on any atom is 0.316 e. The van der Waals surface area contributed by atoms with Crippen molar-refractivity contribution in [3.05, 3.63) is 25.3 Å². The lowest BCUT2D eigenvalue weighted by molar-refractivity contribution is 0.189. The molecule has 0 saturated heterocycles. The standard InChI is InChI=1S/C9H14NO3P/c1-3-5-9(7-10,6-4-2)8-13-14(11)12/h3-4,14H,1-2,5-6,8H2,(H,11,12). The van der Waals surface area contributed by atoms with Crippen molar-refractivity contribution in [2.45, 2.75) is 12.8 Å². The van der Waals surface area contributed by atoms with E-state index in [4.69, 9.17) is 10.2 Å². The minimum absolute atomic E-state index is 0.0736. The van der Waals surface area contributed by atoms with Crippen molar-refractivity contribution in [3.63, 3.8) is 0 Å². The predicted octanol–water partition coefficient (Wildman–Crippen LogP) is 2.05. The maximum absolute atomic E-state index is 10.4. The average molecular weight is 215 g/mol. The van der Waals surface area contributed by atoms with Crippen LogP contribution in [0.4, 0.5) is 0 Å². The quantitative estimate of drug-likeness (QED) is 0.521. The van der Waals surface area contributed by atoms with Gasteiger partial charge in [0.15, 0.2) is 0 Å². The molecule has 4 nitrogen and oxygen atoms in total. The van der Waals surface area contributed by atoms with Gasteiger partial charge in [0.2, 0.25) is 0 Å². The van der Waals surface area contributed by atoms with Gasteiger partial charge in [0.25, 0.3) is 0 Å². The summed E-state index contributed by atoms with van der Waals surface area (Å²) in [5, 5.41) is 8.95. The van der Waals surface area contributed by atoms with Gasteiger partial charge in [0, 0.05) is 0 Å². The van der Waals surface area contributed by atoms with E-state index < -0.39 is 13.7 Å². The van der Waals surface area contributed by atoms with Crippen LogP contribution in [0.1, 0.15) is 12.8 Å². The molecule has 0 rings (SSSR count). The summed E-state index contributed by atoms with van der Waals surface area (Å²) in [6.07, 6.45) is 3.99. The van der Waals surface area contributed by atoms with Crippen LogP contribution in [0.15, 0.2) is 25.3 Å². The summed E-state index contributed by atoms with van der Waals surface area (Å²) in [7, 11) is -2.98. The van der Waals surface area contributed by atoms with Gasteiger partial charge in [0.05, 0.1) is 18.1 Å². The third-order valence-electron chi connectivity index (χ3n) is 1.78. The molecule has 0 bridgehead atoms. The zero-order valence-electron chi connectivity index (χ0n) is 7.90. The molecular weight excluding hydrogens is 201 g/mol. The van der Waals surface area contributed by atoms with Crippen molar-refractivity contribution in [2.24, 2.45) is 5.41 Å². The first kappa shape index (κ1) is 13.1. The van der Waals surface area contributed by atoms with E-state index in [0.717, 1.165) is 0 Å². The lowest BCUT2D eigenvalue weighted by Crippen LogP contribution is -2.22. The highest BCUT2D eigenvalue weighted by Gasteiger charge is 2.28. The van der Waals surface area contributed by atoms with Crippen LogP contribution in [0.5, 0.6) is 0 Å². The van der Waals surface area contributed by atoms with Gasteiger partial charge < -0.3 is 9.42 Å². The molecule has 0 amide bonds. The average Bonchev–Trinajstić information content (AvgIpc) is 2.15. The number of allylic oxidation sites excluding steroid dienone is 2. The normalized spacial score (nSPS) is 12.9. The first-order chi connectivity index (χ1) is 6.60. The summed E-state index contributed by atoms with van der Waals surface area (Å²) in [5.74, 6) is 0. The largest absolute Gasteiger partial charge is 0.326 e. The molecule has 1 atom stereocenters. The first-order valence-corrected chi connectivity index (χ1v) is 5.35. The highest BCUT2D eigenvalue weighted by molar-refractivity contribution is 7.32. The molecule has 0 fully saturated rings. The van der Waals surface area contributed by atoms with Gasteiger partial charge in [-0.25, -0.2) is 0 Å². The smallest absolute Gasteiger partial charge is 0.316 e. The zero-order valence-corrected chi connectivity index (χ0v) is 8.90. The Morgan fingerprint density at radius 1 is 1.50 bits per heavy atom. The highest BCUT2D eigenvalue weighted by atomic mass is 31.1. The van der Waals surface area contributed by atoms with Crippen LogP contribution in [-0.4, -0.2) is 11.5 Å². The van der Waals surface area contributed by atoms with Gasteiger partial charge in [-0.15, -0.1) is 13.2 Å². The molecule has 0 saturated carbocycles.